The van der Waals surface area contributed by atoms with Crippen LogP contribution in [-0.4, -0.2) is 4.57 Å². The van der Waals surface area contributed by atoms with Gasteiger partial charge >= 0.3 is 0 Å². The minimum Gasteiger partial charge on any atom is -0.399 e. The molecule has 0 fully saturated rings. The smallest absolute Gasteiger partial charge is 0.0484 e. The number of nitrogens with two attached hydrogens (primary N) is 1. The van der Waals surface area contributed by atoms with Gasteiger partial charge in [-0.2, -0.15) is 0 Å². The number of nitrogens with zero attached hydrogens (tertiary/aromatic N) is 1. The number of aromatic nitrogens is 1. The van der Waals surface area contributed by atoms with Gasteiger partial charge in [-0.05, 0) is 36.8 Å². The molecule has 0 amide bonds. The van der Waals surface area contributed by atoms with Crippen molar-refractivity contribution in [3.05, 3.63) is 65.9 Å². The number of aryl methyl sites for hydroxylation is 1. The summed E-state index contributed by atoms with van der Waals surface area (Å²) in [6, 6.07) is 16.8. The molecule has 0 radical (unpaired) electrons. The van der Waals surface area contributed by atoms with Crippen LogP contribution in [0.5, 0.6) is 0 Å². The van der Waals surface area contributed by atoms with Gasteiger partial charge in [0.1, 0.15) is 0 Å². The molecule has 2 heteroatoms. The van der Waals surface area contributed by atoms with Crippen LogP contribution in [0.25, 0.3) is 10.9 Å². The van der Waals surface area contributed by atoms with E-state index in [-0.39, 0.29) is 0 Å². The average Bonchev–Trinajstić information content (AvgIpc) is 2.72. The maximum Gasteiger partial charge on any atom is 0.0484 e. The van der Waals surface area contributed by atoms with Crippen LogP contribution in [0.15, 0.2) is 54.7 Å². The zero-order valence-electron chi connectivity index (χ0n) is 10.4. The highest BCUT2D eigenvalue weighted by Crippen LogP contribution is 2.20. The molecule has 0 aliphatic heterocycles. The van der Waals surface area contributed by atoms with Crippen molar-refractivity contribution in [1.29, 1.82) is 0 Å². The summed E-state index contributed by atoms with van der Waals surface area (Å²) >= 11 is 0. The second-order valence-electron chi connectivity index (χ2n) is 4.75. The van der Waals surface area contributed by atoms with E-state index in [1.807, 2.05) is 12.1 Å². The number of nitrogen functional groups attached to an aromatic ring is 1. The van der Waals surface area contributed by atoms with Gasteiger partial charge in [0, 0.05) is 29.3 Å². The summed E-state index contributed by atoms with van der Waals surface area (Å²) in [7, 11) is 0. The normalized spacial score (nSPS) is 10.9. The van der Waals surface area contributed by atoms with Crippen molar-refractivity contribution in [3.63, 3.8) is 0 Å². The first kappa shape index (κ1) is 10.9. The van der Waals surface area contributed by atoms with Crippen LogP contribution in [0.4, 0.5) is 5.69 Å². The van der Waals surface area contributed by atoms with Gasteiger partial charge in [0.2, 0.25) is 0 Å². The van der Waals surface area contributed by atoms with Crippen LogP contribution in [0.3, 0.4) is 0 Å². The third-order valence-corrected chi connectivity index (χ3v) is 3.23. The van der Waals surface area contributed by atoms with E-state index < -0.39 is 0 Å². The summed E-state index contributed by atoms with van der Waals surface area (Å²) in [4.78, 5) is 0. The molecule has 3 rings (SSSR count). The number of anilines is 1. The summed E-state index contributed by atoms with van der Waals surface area (Å²) in [6.07, 6.45) is 2.12. The fourth-order valence-electron chi connectivity index (χ4n) is 2.36. The Morgan fingerprint density at radius 3 is 2.78 bits per heavy atom. The maximum absolute atomic E-state index is 5.80. The van der Waals surface area contributed by atoms with Crippen molar-refractivity contribution in [1.82, 2.24) is 4.57 Å². The van der Waals surface area contributed by atoms with Crippen LogP contribution in [-0.2, 0) is 6.54 Å². The molecule has 1 aromatic heterocycles. The Hall–Kier alpha value is -2.22. The van der Waals surface area contributed by atoms with Crippen molar-refractivity contribution in [2.75, 3.05) is 5.73 Å². The molecule has 1 heterocycles. The van der Waals surface area contributed by atoms with Gasteiger partial charge in [-0.3, -0.25) is 0 Å². The van der Waals surface area contributed by atoms with Gasteiger partial charge in [-0.15, -0.1) is 0 Å². The standard InChI is InChI=1S/C16H16N2/c1-12-3-2-4-13(9-12)11-18-8-7-14-10-15(17)5-6-16(14)18/h2-10H,11,17H2,1H3. The fourth-order valence-corrected chi connectivity index (χ4v) is 2.36. The van der Waals surface area contributed by atoms with E-state index in [4.69, 9.17) is 5.73 Å². The van der Waals surface area contributed by atoms with Gasteiger partial charge in [0.05, 0.1) is 0 Å². The lowest BCUT2D eigenvalue weighted by atomic mass is 10.1. The molecule has 90 valence electrons. The molecule has 0 spiro atoms. The van der Waals surface area contributed by atoms with Crippen molar-refractivity contribution in [2.45, 2.75) is 13.5 Å². The summed E-state index contributed by atoms with van der Waals surface area (Å²) < 4.78 is 2.25. The summed E-state index contributed by atoms with van der Waals surface area (Å²) in [5.41, 5.74) is 10.5. The first-order valence-corrected chi connectivity index (χ1v) is 6.12. The number of hydrogen-bond acceptors (Lipinski definition) is 1. The molecule has 3 aromatic rings. The van der Waals surface area contributed by atoms with Crippen LogP contribution >= 0.6 is 0 Å². The minimum absolute atomic E-state index is 0.816. The Kier molecular flexibility index (Phi) is 2.56. The molecule has 0 saturated heterocycles. The molecule has 0 unspecified atom stereocenters. The van der Waals surface area contributed by atoms with Gasteiger partial charge in [0.15, 0.2) is 0 Å². The van der Waals surface area contributed by atoms with Gasteiger partial charge in [-0.1, -0.05) is 29.8 Å². The highest BCUT2D eigenvalue weighted by atomic mass is 14.9. The van der Waals surface area contributed by atoms with Crippen LogP contribution in [0, 0.1) is 6.92 Å². The Balaban J connectivity index is 2.00. The monoisotopic (exact) mass is 236 g/mol. The molecule has 2 aromatic carbocycles. The zero-order valence-corrected chi connectivity index (χ0v) is 10.4. The predicted molar refractivity (Wildman–Crippen MR) is 76.6 cm³/mol. The van der Waals surface area contributed by atoms with E-state index in [1.54, 1.807) is 0 Å². The molecule has 2 nitrogen and oxygen atoms in total. The lowest BCUT2D eigenvalue weighted by Crippen LogP contribution is -1.98. The van der Waals surface area contributed by atoms with E-state index in [0.717, 1.165) is 12.2 Å². The van der Waals surface area contributed by atoms with Crippen LogP contribution in [0.1, 0.15) is 11.1 Å². The summed E-state index contributed by atoms with van der Waals surface area (Å²) in [5, 5.41) is 1.20. The Bertz CT molecular complexity index is 695. The Morgan fingerprint density at radius 1 is 1.06 bits per heavy atom. The lowest BCUT2D eigenvalue weighted by molar-refractivity contribution is 0.836. The molecule has 0 aliphatic carbocycles. The third kappa shape index (κ3) is 1.97. The van der Waals surface area contributed by atoms with Crippen molar-refractivity contribution < 1.29 is 0 Å². The highest BCUT2D eigenvalue weighted by molar-refractivity contribution is 5.83. The van der Waals surface area contributed by atoms with Crippen molar-refractivity contribution >= 4 is 16.6 Å². The average molecular weight is 236 g/mol. The fraction of sp³-hybridized carbons (Fsp3) is 0.125. The van der Waals surface area contributed by atoms with E-state index in [2.05, 4.69) is 54.1 Å². The summed E-state index contributed by atoms with van der Waals surface area (Å²) in [6.45, 7) is 3.02. The number of rotatable bonds is 2. The SMILES string of the molecule is Cc1cccc(Cn2ccc3cc(N)ccc32)c1. The first-order chi connectivity index (χ1) is 8.72. The van der Waals surface area contributed by atoms with Gasteiger partial charge < -0.3 is 10.3 Å². The molecule has 18 heavy (non-hydrogen) atoms. The Morgan fingerprint density at radius 2 is 1.94 bits per heavy atom. The van der Waals surface area contributed by atoms with Crippen LogP contribution < -0.4 is 5.73 Å². The zero-order chi connectivity index (χ0) is 12.5. The molecular weight excluding hydrogens is 220 g/mol. The summed E-state index contributed by atoms with van der Waals surface area (Å²) in [5.74, 6) is 0. The highest BCUT2D eigenvalue weighted by Gasteiger charge is 2.02. The largest absolute Gasteiger partial charge is 0.399 e. The molecule has 0 saturated carbocycles. The van der Waals surface area contributed by atoms with E-state index in [0.29, 0.717) is 0 Å². The molecule has 0 atom stereocenters. The predicted octanol–water partition coefficient (Wildman–Crippen LogP) is 3.58. The third-order valence-electron chi connectivity index (χ3n) is 3.23. The molecular formula is C16H16N2. The van der Waals surface area contributed by atoms with Gasteiger partial charge in [0.25, 0.3) is 0 Å². The van der Waals surface area contributed by atoms with Crippen molar-refractivity contribution in [2.24, 2.45) is 0 Å². The van der Waals surface area contributed by atoms with E-state index in [9.17, 15) is 0 Å². The second-order valence-corrected chi connectivity index (χ2v) is 4.75. The molecule has 0 bridgehead atoms. The Labute approximate surface area is 107 Å². The quantitative estimate of drug-likeness (QED) is 0.677. The topological polar surface area (TPSA) is 30.9 Å². The second kappa shape index (κ2) is 4.22. The van der Waals surface area contributed by atoms with E-state index in [1.165, 1.54) is 22.0 Å². The number of benzene rings is 2. The molecule has 2 N–H and O–H groups in total. The van der Waals surface area contributed by atoms with Crippen LogP contribution in [0.2, 0.25) is 0 Å². The number of hydrogen-bond donors (Lipinski definition) is 1. The van der Waals surface area contributed by atoms with Crippen molar-refractivity contribution in [3.8, 4) is 0 Å². The minimum atomic E-state index is 0.816. The van der Waals surface area contributed by atoms with Gasteiger partial charge in [-0.25, -0.2) is 0 Å². The maximum atomic E-state index is 5.80. The number of fused-ring (bicyclic) bond motifs is 1. The lowest BCUT2D eigenvalue weighted by Gasteiger charge is -2.06. The first-order valence-electron chi connectivity index (χ1n) is 6.12. The molecule has 0 aliphatic rings. The van der Waals surface area contributed by atoms with E-state index >= 15 is 0 Å².